The van der Waals surface area contributed by atoms with Crippen LogP contribution in [0.15, 0.2) is 95.4 Å². The molecule has 0 aliphatic carbocycles. The standard InChI is InChI=1S/C30H15N5O/c1-2-7-17-16(6-1)12-13-19-26(17)31-29-33(19)21-9-5-10-22-28(21)35(29)30-32-27-20(34(22)30)14-15-24-25(27)18-8-3-4-11-23(18)36-24/h1-15H. The highest BCUT2D eigenvalue weighted by Gasteiger charge is 2.25. The van der Waals surface area contributed by atoms with Crippen molar-refractivity contribution in [2.24, 2.45) is 0 Å². The molecule has 0 saturated heterocycles. The third-order valence-corrected chi connectivity index (χ3v) is 7.78. The van der Waals surface area contributed by atoms with Crippen LogP contribution in [-0.2, 0) is 0 Å². The highest BCUT2D eigenvalue weighted by atomic mass is 16.3. The van der Waals surface area contributed by atoms with Crippen LogP contribution in [0.2, 0.25) is 0 Å². The minimum Gasteiger partial charge on any atom is -0.456 e. The first-order chi connectivity index (χ1) is 17.9. The molecule has 0 fully saturated rings. The van der Waals surface area contributed by atoms with Crippen molar-refractivity contribution in [3.8, 4) is 0 Å². The van der Waals surface area contributed by atoms with E-state index in [-0.39, 0.29) is 0 Å². The summed E-state index contributed by atoms with van der Waals surface area (Å²) in [4.78, 5) is 10.5. The average molecular weight is 461 g/mol. The molecule has 6 nitrogen and oxygen atoms in total. The zero-order valence-corrected chi connectivity index (χ0v) is 18.8. The molecule has 5 heterocycles. The third kappa shape index (κ3) is 1.76. The van der Waals surface area contributed by atoms with Gasteiger partial charge in [0.1, 0.15) is 22.2 Å². The second-order valence-electron chi connectivity index (χ2n) is 9.53. The molecule has 0 N–H and O–H groups in total. The molecule has 0 aliphatic heterocycles. The minimum atomic E-state index is 0.856. The minimum absolute atomic E-state index is 0.856. The second-order valence-corrected chi connectivity index (χ2v) is 9.53. The molecule has 5 aromatic carbocycles. The molecular weight excluding hydrogens is 446 g/mol. The Morgan fingerprint density at radius 3 is 2.06 bits per heavy atom. The van der Waals surface area contributed by atoms with Gasteiger partial charge >= 0.3 is 0 Å². The smallest absolute Gasteiger partial charge is 0.223 e. The molecule has 166 valence electrons. The van der Waals surface area contributed by atoms with Gasteiger partial charge in [-0.15, -0.1) is 0 Å². The molecule has 0 atom stereocenters. The quantitative estimate of drug-likeness (QED) is 0.240. The lowest BCUT2D eigenvalue weighted by Crippen LogP contribution is -1.87. The lowest BCUT2D eigenvalue weighted by atomic mass is 10.1. The predicted molar refractivity (Wildman–Crippen MR) is 143 cm³/mol. The van der Waals surface area contributed by atoms with Gasteiger partial charge in [-0.1, -0.05) is 54.6 Å². The molecular formula is C30H15N5O. The molecule has 0 unspecified atom stereocenters. The Balaban J connectivity index is 1.48. The van der Waals surface area contributed by atoms with Gasteiger partial charge in [0.2, 0.25) is 11.6 Å². The van der Waals surface area contributed by atoms with Crippen molar-refractivity contribution < 1.29 is 4.42 Å². The monoisotopic (exact) mass is 461 g/mol. The van der Waals surface area contributed by atoms with Gasteiger partial charge in [-0.25, -0.2) is 14.4 Å². The summed E-state index contributed by atoms with van der Waals surface area (Å²) in [5.41, 5.74) is 9.26. The summed E-state index contributed by atoms with van der Waals surface area (Å²) in [5.74, 6) is 1.75. The topological polar surface area (TPSA) is 52.2 Å². The largest absolute Gasteiger partial charge is 0.456 e. The molecule has 0 spiro atoms. The summed E-state index contributed by atoms with van der Waals surface area (Å²) < 4.78 is 12.9. The van der Waals surface area contributed by atoms with Gasteiger partial charge in [0, 0.05) is 10.8 Å². The fourth-order valence-corrected chi connectivity index (χ4v) is 6.31. The van der Waals surface area contributed by atoms with Crippen molar-refractivity contribution in [1.29, 1.82) is 0 Å². The van der Waals surface area contributed by atoms with Crippen molar-refractivity contribution in [2.75, 3.05) is 0 Å². The summed E-state index contributed by atoms with van der Waals surface area (Å²) in [6.45, 7) is 0. The maximum atomic E-state index is 6.15. The van der Waals surface area contributed by atoms with E-state index in [1.54, 1.807) is 0 Å². The number of rotatable bonds is 0. The maximum Gasteiger partial charge on any atom is 0.223 e. The number of nitrogens with zero attached hydrogens (tertiary/aromatic N) is 5. The lowest BCUT2D eigenvalue weighted by molar-refractivity contribution is 0.669. The van der Waals surface area contributed by atoms with E-state index in [2.05, 4.69) is 92.1 Å². The summed E-state index contributed by atoms with van der Waals surface area (Å²) in [6.07, 6.45) is 0. The molecule has 6 heteroatoms. The Morgan fingerprint density at radius 1 is 0.500 bits per heavy atom. The number of para-hydroxylation sites is 2. The summed E-state index contributed by atoms with van der Waals surface area (Å²) in [7, 11) is 0. The highest BCUT2D eigenvalue weighted by molar-refractivity contribution is 6.18. The molecule has 0 aliphatic rings. The van der Waals surface area contributed by atoms with Crippen molar-refractivity contribution in [2.45, 2.75) is 0 Å². The number of benzene rings is 5. The van der Waals surface area contributed by atoms with Crippen LogP contribution < -0.4 is 0 Å². The van der Waals surface area contributed by atoms with Crippen LogP contribution in [0.4, 0.5) is 0 Å². The van der Waals surface area contributed by atoms with Gasteiger partial charge in [-0.3, -0.25) is 8.80 Å². The van der Waals surface area contributed by atoms with Crippen LogP contribution >= 0.6 is 0 Å². The van der Waals surface area contributed by atoms with Crippen LogP contribution in [0.3, 0.4) is 0 Å². The first-order valence-electron chi connectivity index (χ1n) is 12.0. The van der Waals surface area contributed by atoms with Gasteiger partial charge in [0.05, 0.1) is 33.0 Å². The number of imidazole rings is 4. The first-order valence-corrected chi connectivity index (χ1v) is 12.0. The first kappa shape index (κ1) is 17.4. The highest BCUT2D eigenvalue weighted by Crippen LogP contribution is 2.39. The van der Waals surface area contributed by atoms with Crippen molar-refractivity contribution >= 4 is 82.9 Å². The van der Waals surface area contributed by atoms with Crippen LogP contribution in [0.1, 0.15) is 0 Å². The average Bonchev–Trinajstić information content (AvgIpc) is 3.69. The van der Waals surface area contributed by atoms with Crippen molar-refractivity contribution in [1.82, 2.24) is 23.2 Å². The van der Waals surface area contributed by atoms with E-state index in [1.165, 1.54) is 5.39 Å². The Morgan fingerprint density at radius 2 is 1.19 bits per heavy atom. The van der Waals surface area contributed by atoms with Crippen LogP contribution in [0.5, 0.6) is 0 Å². The SMILES string of the molecule is c1ccc2c(c1)ccc1c2nc2n1c1cccc3c1n2c1nc2c4c(ccc2n31)oc1ccccc14. The van der Waals surface area contributed by atoms with E-state index in [0.717, 1.165) is 77.5 Å². The van der Waals surface area contributed by atoms with Crippen LogP contribution in [0, 0.1) is 0 Å². The van der Waals surface area contributed by atoms with E-state index in [9.17, 15) is 0 Å². The van der Waals surface area contributed by atoms with Crippen molar-refractivity contribution in [3.63, 3.8) is 0 Å². The molecule has 0 amide bonds. The molecule has 0 saturated carbocycles. The van der Waals surface area contributed by atoms with Gasteiger partial charge in [0.25, 0.3) is 0 Å². The third-order valence-electron chi connectivity index (χ3n) is 7.78. The van der Waals surface area contributed by atoms with Gasteiger partial charge in [0.15, 0.2) is 0 Å². The normalized spacial score (nSPS) is 13.0. The number of fused-ring (bicyclic) bond motifs is 16. The molecule has 0 bridgehead atoms. The Labute approximate surface area is 201 Å². The summed E-state index contributed by atoms with van der Waals surface area (Å²) >= 11 is 0. The fraction of sp³-hybridized carbons (Fsp3) is 0. The summed E-state index contributed by atoms with van der Waals surface area (Å²) in [5, 5.41) is 4.50. The van der Waals surface area contributed by atoms with E-state index in [0.29, 0.717) is 0 Å². The molecule has 0 radical (unpaired) electrons. The van der Waals surface area contributed by atoms with E-state index in [4.69, 9.17) is 14.4 Å². The van der Waals surface area contributed by atoms with Crippen LogP contribution in [0.25, 0.3) is 82.9 Å². The number of hydrogen-bond acceptors (Lipinski definition) is 3. The molecule has 10 aromatic rings. The van der Waals surface area contributed by atoms with Gasteiger partial charge < -0.3 is 4.42 Å². The second kappa shape index (κ2) is 5.58. The van der Waals surface area contributed by atoms with Crippen LogP contribution in [-0.4, -0.2) is 23.2 Å². The fourth-order valence-electron chi connectivity index (χ4n) is 6.31. The van der Waals surface area contributed by atoms with Crippen molar-refractivity contribution in [3.05, 3.63) is 91.0 Å². The maximum absolute atomic E-state index is 6.15. The summed E-state index contributed by atoms with van der Waals surface area (Å²) in [6, 6.07) is 31.6. The Bertz CT molecular complexity index is 2540. The predicted octanol–water partition coefficient (Wildman–Crippen LogP) is 7.18. The molecule has 36 heavy (non-hydrogen) atoms. The lowest BCUT2D eigenvalue weighted by Gasteiger charge is -2.00. The zero-order chi connectivity index (χ0) is 23.1. The zero-order valence-electron chi connectivity index (χ0n) is 18.8. The number of furan rings is 1. The van der Waals surface area contributed by atoms with Gasteiger partial charge in [-0.2, -0.15) is 0 Å². The molecule has 5 aromatic heterocycles. The number of hydrogen-bond donors (Lipinski definition) is 0. The van der Waals surface area contributed by atoms with E-state index < -0.39 is 0 Å². The van der Waals surface area contributed by atoms with Gasteiger partial charge in [-0.05, 0) is 41.8 Å². The van der Waals surface area contributed by atoms with E-state index in [1.807, 2.05) is 12.1 Å². The molecule has 10 rings (SSSR count). The van der Waals surface area contributed by atoms with E-state index >= 15 is 0 Å². The Hall–Kier alpha value is -5.10. The number of aromatic nitrogens is 5. The Kier molecular flexibility index (Phi) is 2.69.